The van der Waals surface area contributed by atoms with E-state index in [1.807, 2.05) is 12.1 Å². The van der Waals surface area contributed by atoms with Gasteiger partial charge >= 0.3 is 0 Å². The number of hydrogen-bond acceptors (Lipinski definition) is 3. The van der Waals surface area contributed by atoms with Crippen molar-refractivity contribution in [3.05, 3.63) is 28.2 Å². The molecule has 0 amide bonds. The molecule has 0 spiro atoms. The summed E-state index contributed by atoms with van der Waals surface area (Å²) < 4.78 is 12.3. The quantitative estimate of drug-likeness (QED) is 0.587. The summed E-state index contributed by atoms with van der Waals surface area (Å²) in [5.41, 5.74) is 7.16. The van der Waals surface area contributed by atoms with E-state index >= 15 is 0 Å². The molecule has 1 aliphatic carbocycles. The minimum Gasteiger partial charge on any atom is -0.467 e. The number of benzene rings is 1. The Morgan fingerprint density at radius 3 is 2.89 bits per heavy atom. The van der Waals surface area contributed by atoms with Crippen LogP contribution in [0, 0.1) is 5.92 Å². The van der Waals surface area contributed by atoms with E-state index in [2.05, 4.69) is 28.9 Å². The van der Waals surface area contributed by atoms with E-state index in [1.165, 1.54) is 12.8 Å². The van der Waals surface area contributed by atoms with Gasteiger partial charge in [-0.3, -0.25) is 0 Å². The smallest absolute Gasteiger partial charge is 0.189 e. The molecule has 3 nitrogen and oxygen atoms in total. The van der Waals surface area contributed by atoms with E-state index in [-0.39, 0.29) is 6.04 Å². The van der Waals surface area contributed by atoms with Crippen molar-refractivity contribution in [1.82, 2.24) is 0 Å². The number of rotatable bonds is 8. The number of halogens is 1. The van der Waals surface area contributed by atoms with E-state index in [0.717, 1.165) is 41.2 Å². The third-order valence-corrected chi connectivity index (χ3v) is 3.87. The van der Waals surface area contributed by atoms with Crippen LogP contribution in [0.2, 0.25) is 0 Å². The molecule has 0 aromatic heterocycles. The average molecular weight is 328 g/mol. The predicted molar refractivity (Wildman–Crippen MR) is 80.3 cm³/mol. The lowest BCUT2D eigenvalue weighted by atomic mass is 10.0. The minimum absolute atomic E-state index is 0.170. The molecule has 0 saturated heterocycles. The fourth-order valence-corrected chi connectivity index (χ4v) is 2.29. The molecule has 0 radical (unpaired) electrons. The Morgan fingerprint density at radius 1 is 1.42 bits per heavy atom. The summed E-state index contributed by atoms with van der Waals surface area (Å²) in [7, 11) is 0. The highest BCUT2D eigenvalue weighted by Crippen LogP contribution is 2.29. The molecule has 1 aromatic carbocycles. The maximum atomic E-state index is 6.02. The van der Waals surface area contributed by atoms with Gasteiger partial charge in [0, 0.05) is 10.5 Å². The Hall–Kier alpha value is -0.580. The van der Waals surface area contributed by atoms with Gasteiger partial charge in [-0.1, -0.05) is 22.9 Å². The lowest BCUT2D eigenvalue weighted by Crippen LogP contribution is -2.22. The van der Waals surface area contributed by atoms with Crippen LogP contribution in [0.1, 0.15) is 31.7 Å². The van der Waals surface area contributed by atoms with Gasteiger partial charge in [0.15, 0.2) is 6.79 Å². The Bertz CT molecular complexity index is 407. The molecule has 2 N–H and O–H groups in total. The van der Waals surface area contributed by atoms with Crippen LogP contribution in [0.5, 0.6) is 5.75 Å². The Kier molecular flexibility index (Phi) is 5.67. The van der Waals surface area contributed by atoms with E-state index in [1.54, 1.807) is 0 Å². The van der Waals surface area contributed by atoms with Gasteiger partial charge in [-0.25, -0.2) is 0 Å². The zero-order valence-electron chi connectivity index (χ0n) is 11.4. The normalized spacial score (nSPS) is 16.4. The van der Waals surface area contributed by atoms with Crippen LogP contribution in [-0.4, -0.2) is 19.4 Å². The molecule has 1 saturated carbocycles. The number of nitrogens with two attached hydrogens (primary N) is 1. The van der Waals surface area contributed by atoms with Gasteiger partial charge < -0.3 is 15.2 Å². The largest absolute Gasteiger partial charge is 0.467 e. The standard InChI is InChI=1S/C15H22BrNO2/c1-2-14(17)8-12-7-13(16)5-6-15(12)19-10-18-9-11-3-4-11/h5-7,11,14H,2-4,8-10,17H2,1H3. The zero-order chi connectivity index (χ0) is 13.7. The van der Waals surface area contributed by atoms with Crippen molar-refractivity contribution in [2.45, 2.75) is 38.6 Å². The fraction of sp³-hybridized carbons (Fsp3) is 0.600. The highest BCUT2D eigenvalue weighted by molar-refractivity contribution is 9.10. The minimum atomic E-state index is 0.170. The molecular formula is C15H22BrNO2. The molecule has 4 heteroatoms. The molecule has 19 heavy (non-hydrogen) atoms. The summed E-state index contributed by atoms with van der Waals surface area (Å²) in [6.45, 7) is 3.24. The summed E-state index contributed by atoms with van der Waals surface area (Å²) >= 11 is 3.49. The van der Waals surface area contributed by atoms with E-state index < -0.39 is 0 Å². The number of hydrogen-bond donors (Lipinski definition) is 1. The van der Waals surface area contributed by atoms with Crippen molar-refractivity contribution in [1.29, 1.82) is 0 Å². The van der Waals surface area contributed by atoms with Crippen molar-refractivity contribution in [2.24, 2.45) is 11.7 Å². The van der Waals surface area contributed by atoms with Crippen LogP contribution >= 0.6 is 15.9 Å². The van der Waals surface area contributed by atoms with Crippen molar-refractivity contribution in [3.8, 4) is 5.75 Å². The molecule has 0 heterocycles. The molecule has 0 aliphatic heterocycles. The molecule has 0 bridgehead atoms. The highest BCUT2D eigenvalue weighted by atomic mass is 79.9. The summed E-state index contributed by atoms with van der Waals surface area (Å²) in [5.74, 6) is 1.64. The number of ether oxygens (including phenoxy) is 2. The molecule has 1 aliphatic rings. The Labute approximate surface area is 123 Å². The van der Waals surface area contributed by atoms with Gasteiger partial charge in [-0.05, 0) is 55.4 Å². The lowest BCUT2D eigenvalue weighted by molar-refractivity contribution is 0.00942. The van der Waals surface area contributed by atoms with Crippen molar-refractivity contribution in [3.63, 3.8) is 0 Å². The maximum Gasteiger partial charge on any atom is 0.189 e. The van der Waals surface area contributed by atoms with Gasteiger partial charge in [-0.2, -0.15) is 0 Å². The maximum absolute atomic E-state index is 6.02. The molecule has 1 unspecified atom stereocenters. The van der Waals surface area contributed by atoms with Gasteiger partial charge in [0.1, 0.15) is 5.75 Å². The van der Waals surface area contributed by atoms with E-state index in [9.17, 15) is 0 Å². The molecule has 106 valence electrons. The van der Waals surface area contributed by atoms with Crippen LogP contribution in [0.25, 0.3) is 0 Å². The Balaban J connectivity index is 1.88. The van der Waals surface area contributed by atoms with E-state index in [4.69, 9.17) is 15.2 Å². The van der Waals surface area contributed by atoms with Crippen LogP contribution in [0.15, 0.2) is 22.7 Å². The molecule has 2 rings (SSSR count). The van der Waals surface area contributed by atoms with Crippen molar-refractivity contribution < 1.29 is 9.47 Å². The topological polar surface area (TPSA) is 44.5 Å². The molecule has 1 aromatic rings. The van der Waals surface area contributed by atoms with E-state index in [0.29, 0.717) is 6.79 Å². The van der Waals surface area contributed by atoms with Crippen molar-refractivity contribution >= 4 is 15.9 Å². The summed E-state index contributed by atoms with van der Waals surface area (Å²) in [6, 6.07) is 6.20. The second-order valence-corrected chi connectivity index (χ2v) is 6.12. The van der Waals surface area contributed by atoms with Crippen LogP contribution < -0.4 is 10.5 Å². The monoisotopic (exact) mass is 327 g/mol. The van der Waals surface area contributed by atoms with Gasteiger partial charge in [-0.15, -0.1) is 0 Å². The van der Waals surface area contributed by atoms with Crippen molar-refractivity contribution in [2.75, 3.05) is 13.4 Å². The first kappa shape index (κ1) is 14.8. The molecular weight excluding hydrogens is 306 g/mol. The zero-order valence-corrected chi connectivity index (χ0v) is 13.0. The first-order chi connectivity index (χ1) is 9.19. The third-order valence-electron chi connectivity index (χ3n) is 3.38. The molecule has 1 atom stereocenters. The fourth-order valence-electron chi connectivity index (χ4n) is 1.88. The Morgan fingerprint density at radius 2 is 2.21 bits per heavy atom. The van der Waals surface area contributed by atoms with Crippen LogP contribution in [0.3, 0.4) is 0 Å². The second kappa shape index (κ2) is 7.27. The van der Waals surface area contributed by atoms with Gasteiger partial charge in [0.05, 0.1) is 6.61 Å². The molecule has 1 fully saturated rings. The average Bonchev–Trinajstić information content (AvgIpc) is 3.20. The van der Waals surface area contributed by atoms with Crippen LogP contribution in [-0.2, 0) is 11.2 Å². The second-order valence-electron chi connectivity index (χ2n) is 5.20. The summed E-state index contributed by atoms with van der Waals surface area (Å²) in [4.78, 5) is 0. The lowest BCUT2D eigenvalue weighted by Gasteiger charge is -2.15. The highest BCUT2D eigenvalue weighted by Gasteiger charge is 2.21. The predicted octanol–water partition coefficient (Wildman–Crippen LogP) is 3.49. The summed E-state index contributed by atoms with van der Waals surface area (Å²) in [5, 5.41) is 0. The van der Waals surface area contributed by atoms with Gasteiger partial charge in [0.25, 0.3) is 0 Å². The first-order valence-electron chi connectivity index (χ1n) is 6.93. The van der Waals surface area contributed by atoms with Gasteiger partial charge in [0.2, 0.25) is 0 Å². The SMILES string of the molecule is CCC(N)Cc1cc(Br)ccc1OCOCC1CC1. The van der Waals surface area contributed by atoms with Crippen LogP contribution in [0.4, 0.5) is 0 Å². The summed E-state index contributed by atoms with van der Waals surface area (Å²) in [6.07, 6.45) is 4.39. The first-order valence-corrected chi connectivity index (χ1v) is 7.73. The third kappa shape index (κ3) is 5.13.